The van der Waals surface area contributed by atoms with Crippen molar-refractivity contribution in [1.29, 1.82) is 0 Å². The van der Waals surface area contributed by atoms with Crippen LogP contribution in [0.1, 0.15) is 19.4 Å². The molecule has 0 aliphatic rings. The van der Waals surface area contributed by atoms with Crippen molar-refractivity contribution in [3.63, 3.8) is 0 Å². The summed E-state index contributed by atoms with van der Waals surface area (Å²) in [6.07, 6.45) is 0.686. The van der Waals surface area contributed by atoms with Crippen LogP contribution in [0.15, 0.2) is 64.2 Å². The zero-order valence-corrected chi connectivity index (χ0v) is 17.8. The minimum absolute atomic E-state index is 0.00908. The molecule has 5 heteroatoms. The summed E-state index contributed by atoms with van der Waals surface area (Å²) >= 11 is 0. The number of aromatic nitrogens is 2. The van der Waals surface area contributed by atoms with Crippen molar-refractivity contribution < 1.29 is 0 Å². The van der Waals surface area contributed by atoms with Crippen LogP contribution in [0.25, 0.3) is 43.6 Å². The Morgan fingerprint density at radius 3 is 2.03 bits per heavy atom. The minimum atomic E-state index is -0.00986. The Kier molecular flexibility index (Phi) is 4.83. The Bertz CT molecular complexity index is 1560. The van der Waals surface area contributed by atoms with Gasteiger partial charge in [-0.25, -0.2) is 0 Å². The van der Waals surface area contributed by atoms with Crippen LogP contribution in [0.3, 0.4) is 0 Å². The average Bonchev–Trinajstić information content (AvgIpc) is 2.80. The molecule has 0 amide bonds. The zero-order valence-electron chi connectivity index (χ0n) is 17.8. The molecule has 0 aliphatic carbocycles. The number of benzene rings is 3. The summed E-state index contributed by atoms with van der Waals surface area (Å²) in [6, 6.07) is 16.9. The summed E-state index contributed by atoms with van der Waals surface area (Å²) in [5.41, 5.74) is 3.97. The van der Waals surface area contributed by atoms with Gasteiger partial charge in [0.25, 0.3) is 0 Å². The summed E-state index contributed by atoms with van der Waals surface area (Å²) in [5, 5.41) is 2.62. The lowest BCUT2D eigenvalue weighted by Crippen LogP contribution is -2.26. The Labute approximate surface area is 179 Å². The van der Waals surface area contributed by atoms with Gasteiger partial charge in [0.05, 0.1) is 16.4 Å². The average molecular weight is 412 g/mol. The molecule has 31 heavy (non-hydrogen) atoms. The molecule has 0 radical (unpaired) electrons. The van der Waals surface area contributed by atoms with E-state index < -0.39 is 0 Å². The van der Waals surface area contributed by atoms with E-state index in [-0.39, 0.29) is 10.9 Å². The Morgan fingerprint density at radius 1 is 0.742 bits per heavy atom. The number of rotatable bonds is 5. The maximum Gasteiger partial charge on any atom is 0.197 e. The number of likely N-dealkylation sites (N-methyl/N-ethyl adjacent to an activating group) is 1. The maximum absolute atomic E-state index is 13.6. The first-order chi connectivity index (χ1) is 15.1. The monoisotopic (exact) mass is 411 g/mol. The molecule has 2 heterocycles. The molecule has 0 atom stereocenters. The number of para-hydroxylation sites is 2. The molecule has 5 rings (SSSR count). The smallest absolute Gasteiger partial charge is 0.197 e. The van der Waals surface area contributed by atoms with Gasteiger partial charge in [-0.1, -0.05) is 38.1 Å². The largest absolute Gasteiger partial charge is 0.354 e. The predicted molar refractivity (Wildman–Crippen MR) is 129 cm³/mol. The van der Waals surface area contributed by atoms with Gasteiger partial charge in [-0.3, -0.25) is 9.59 Å². The van der Waals surface area contributed by atoms with Crippen molar-refractivity contribution in [3.05, 3.63) is 80.6 Å². The number of aromatic amines is 2. The van der Waals surface area contributed by atoms with Gasteiger partial charge in [-0.2, -0.15) is 0 Å². The van der Waals surface area contributed by atoms with Gasteiger partial charge in [-0.15, -0.1) is 0 Å². The van der Waals surface area contributed by atoms with E-state index in [2.05, 4.69) is 28.7 Å². The summed E-state index contributed by atoms with van der Waals surface area (Å²) in [5.74, 6) is 0. The first-order valence-electron chi connectivity index (χ1n) is 10.9. The van der Waals surface area contributed by atoms with Crippen molar-refractivity contribution >= 4 is 43.6 Å². The molecule has 0 bridgehead atoms. The van der Waals surface area contributed by atoms with Crippen LogP contribution < -0.4 is 10.9 Å². The van der Waals surface area contributed by atoms with Gasteiger partial charge in [0, 0.05) is 33.7 Å². The fourth-order valence-electron chi connectivity index (χ4n) is 4.62. The minimum Gasteiger partial charge on any atom is -0.354 e. The van der Waals surface area contributed by atoms with E-state index >= 15 is 0 Å². The fraction of sp³-hybridized carbons (Fsp3) is 0.231. The summed E-state index contributed by atoms with van der Waals surface area (Å²) in [4.78, 5) is 36.1. The van der Waals surface area contributed by atoms with Crippen LogP contribution in [0.5, 0.6) is 0 Å². The number of H-pyrrole nitrogens is 2. The van der Waals surface area contributed by atoms with Gasteiger partial charge in [0.1, 0.15) is 0 Å². The molecule has 0 saturated heterocycles. The third-order valence-corrected chi connectivity index (χ3v) is 6.35. The topological polar surface area (TPSA) is 69.0 Å². The highest BCUT2D eigenvalue weighted by Gasteiger charge is 2.17. The predicted octanol–water partition coefficient (Wildman–Crippen LogP) is 4.56. The molecular weight excluding hydrogens is 386 g/mol. The maximum atomic E-state index is 13.6. The van der Waals surface area contributed by atoms with Gasteiger partial charge < -0.3 is 14.9 Å². The normalized spacial score (nSPS) is 12.0. The van der Waals surface area contributed by atoms with E-state index in [0.717, 1.165) is 41.7 Å². The molecule has 3 aromatic carbocycles. The van der Waals surface area contributed by atoms with E-state index in [0.29, 0.717) is 33.5 Å². The second-order valence-electron chi connectivity index (χ2n) is 7.98. The van der Waals surface area contributed by atoms with Gasteiger partial charge in [0.15, 0.2) is 10.9 Å². The molecule has 156 valence electrons. The first kappa shape index (κ1) is 19.5. The lowest BCUT2D eigenvalue weighted by Gasteiger charge is -2.19. The molecule has 0 aliphatic heterocycles. The third kappa shape index (κ3) is 3.13. The molecule has 0 unspecified atom stereocenters. The number of nitrogens with one attached hydrogen (secondary N) is 2. The lowest BCUT2D eigenvalue weighted by molar-refractivity contribution is 0.308. The van der Waals surface area contributed by atoms with E-state index in [4.69, 9.17) is 0 Å². The highest BCUT2D eigenvalue weighted by Crippen LogP contribution is 2.27. The second kappa shape index (κ2) is 7.67. The molecule has 0 saturated carbocycles. The van der Waals surface area contributed by atoms with E-state index in [1.807, 2.05) is 54.6 Å². The number of nitrogens with zero attached hydrogens (tertiary/aromatic N) is 1. The molecule has 5 aromatic rings. The Morgan fingerprint density at radius 2 is 1.35 bits per heavy atom. The number of fused-ring (bicyclic) bond motifs is 4. The fourth-order valence-corrected chi connectivity index (χ4v) is 4.62. The van der Waals surface area contributed by atoms with Crippen LogP contribution >= 0.6 is 0 Å². The van der Waals surface area contributed by atoms with Crippen molar-refractivity contribution in [1.82, 2.24) is 14.9 Å². The van der Waals surface area contributed by atoms with Crippen molar-refractivity contribution in [3.8, 4) is 0 Å². The van der Waals surface area contributed by atoms with E-state index in [1.54, 1.807) is 0 Å². The van der Waals surface area contributed by atoms with Crippen molar-refractivity contribution in [2.24, 2.45) is 0 Å². The number of hydrogen-bond donors (Lipinski definition) is 2. The van der Waals surface area contributed by atoms with Gasteiger partial charge in [-0.05, 0) is 55.4 Å². The summed E-state index contributed by atoms with van der Waals surface area (Å²) < 4.78 is 0. The molecule has 5 nitrogen and oxygen atoms in total. The standard InChI is InChI=1S/C26H25N3O2/c1-3-29(4-2)14-13-18-23-22(27-20-11-7-6-10-17(20)26(23)31)15-19-24(18)28-21-12-8-5-9-16(21)25(19)30/h5-12,15H,3-4,13-14H2,1-2H3,(H,27,31)(H,28,30). The van der Waals surface area contributed by atoms with Crippen LogP contribution in [0.2, 0.25) is 0 Å². The van der Waals surface area contributed by atoms with Crippen LogP contribution in [0.4, 0.5) is 0 Å². The lowest BCUT2D eigenvalue weighted by atomic mass is 9.97. The van der Waals surface area contributed by atoms with Crippen molar-refractivity contribution in [2.45, 2.75) is 20.3 Å². The molecular formula is C26H25N3O2. The molecule has 2 N–H and O–H groups in total. The Hall–Kier alpha value is -3.44. The van der Waals surface area contributed by atoms with Crippen LogP contribution in [-0.4, -0.2) is 34.5 Å². The highest BCUT2D eigenvalue weighted by atomic mass is 16.1. The second-order valence-corrected chi connectivity index (χ2v) is 7.98. The Balaban J connectivity index is 1.93. The van der Waals surface area contributed by atoms with Crippen LogP contribution in [0, 0.1) is 0 Å². The quantitative estimate of drug-likeness (QED) is 0.417. The number of hydrogen-bond acceptors (Lipinski definition) is 3. The zero-order chi connectivity index (χ0) is 21.5. The first-order valence-corrected chi connectivity index (χ1v) is 10.9. The van der Waals surface area contributed by atoms with E-state index in [9.17, 15) is 9.59 Å². The summed E-state index contributed by atoms with van der Waals surface area (Å²) in [6.45, 7) is 6.99. The van der Waals surface area contributed by atoms with Gasteiger partial charge >= 0.3 is 0 Å². The molecule has 0 fully saturated rings. The van der Waals surface area contributed by atoms with Crippen LogP contribution in [-0.2, 0) is 6.42 Å². The molecule has 2 aromatic heterocycles. The highest BCUT2D eigenvalue weighted by molar-refractivity contribution is 6.05. The van der Waals surface area contributed by atoms with Gasteiger partial charge in [0.2, 0.25) is 0 Å². The summed E-state index contributed by atoms with van der Waals surface area (Å²) in [7, 11) is 0. The third-order valence-electron chi connectivity index (χ3n) is 6.35. The van der Waals surface area contributed by atoms with E-state index in [1.165, 1.54) is 0 Å². The number of pyridine rings is 2. The SMILES string of the molecule is CCN(CC)CCc1c2[nH]c3ccccc3c(=O)c2cc2[nH]c3ccccc3c(=O)c12. The molecule has 0 spiro atoms. The van der Waals surface area contributed by atoms with Crippen molar-refractivity contribution in [2.75, 3.05) is 19.6 Å².